The van der Waals surface area contributed by atoms with Crippen molar-refractivity contribution in [2.75, 3.05) is 25.4 Å². The number of hydrogen-bond donors (Lipinski definition) is 1. The molecule has 23 heavy (non-hydrogen) atoms. The number of carbonyl (C=O) groups is 3. The van der Waals surface area contributed by atoms with Gasteiger partial charge in [-0.2, -0.15) is 0 Å². The molecule has 4 amide bonds. The maximum atomic E-state index is 12.8. The van der Waals surface area contributed by atoms with Gasteiger partial charge in [0.05, 0.1) is 18.3 Å². The van der Waals surface area contributed by atoms with Crippen LogP contribution in [0.1, 0.15) is 6.42 Å². The summed E-state index contributed by atoms with van der Waals surface area (Å²) in [5, 5.41) is 2.49. The maximum absolute atomic E-state index is 12.8. The summed E-state index contributed by atoms with van der Waals surface area (Å²) in [5.74, 6) is -0.348. The van der Waals surface area contributed by atoms with E-state index in [9.17, 15) is 18.8 Å². The van der Waals surface area contributed by atoms with Crippen molar-refractivity contribution in [2.24, 2.45) is 0 Å². The molecule has 122 valence electrons. The number of hydrogen-bond acceptors (Lipinski definition) is 4. The Hall–Kier alpha value is -2.09. The van der Waals surface area contributed by atoms with E-state index in [1.54, 1.807) is 17.0 Å². The van der Waals surface area contributed by atoms with Gasteiger partial charge in [-0.1, -0.05) is 0 Å². The SMILES string of the molecule is O=C(CSc1ccc(F)cc1)N1CCC(N2C(=O)CNC2=O)C1. The maximum Gasteiger partial charge on any atom is 0.324 e. The molecule has 1 aromatic rings. The Morgan fingerprint density at radius 3 is 2.70 bits per heavy atom. The number of thioether (sulfide) groups is 1. The van der Waals surface area contributed by atoms with Gasteiger partial charge in [-0.25, -0.2) is 9.18 Å². The highest BCUT2D eigenvalue weighted by Crippen LogP contribution is 2.22. The number of nitrogens with zero attached hydrogens (tertiary/aromatic N) is 2. The average molecular weight is 337 g/mol. The predicted molar refractivity (Wildman–Crippen MR) is 82.4 cm³/mol. The number of nitrogens with one attached hydrogen (secondary N) is 1. The standard InChI is InChI=1S/C15H16FN3O3S/c16-10-1-3-12(4-2-10)23-9-14(21)18-6-5-11(8-18)19-13(20)7-17-15(19)22/h1-4,11H,5-9H2,(H,17,22). The summed E-state index contributed by atoms with van der Waals surface area (Å²) >= 11 is 1.34. The molecule has 0 radical (unpaired) electrons. The molecule has 0 aliphatic carbocycles. The monoisotopic (exact) mass is 337 g/mol. The molecule has 2 fully saturated rings. The predicted octanol–water partition coefficient (Wildman–Crippen LogP) is 1.07. The Morgan fingerprint density at radius 2 is 2.04 bits per heavy atom. The number of benzene rings is 1. The van der Waals surface area contributed by atoms with Gasteiger partial charge in [0, 0.05) is 18.0 Å². The van der Waals surface area contributed by atoms with Crippen molar-refractivity contribution >= 4 is 29.6 Å². The van der Waals surface area contributed by atoms with Crippen molar-refractivity contribution in [3.05, 3.63) is 30.1 Å². The molecule has 2 aliphatic heterocycles. The third kappa shape index (κ3) is 3.47. The number of imide groups is 1. The molecular weight excluding hydrogens is 321 g/mol. The fourth-order valence-corrected chi connectivity index (χ4v) is 3.55. The number of urea groups is 1. The van der Waals surface area contributed by atoms with Crippen LogP contribution in [-0.4, -0.2) is 59.1 Å². The van der Waals surface area contributed by atoms with E-state index < -0.39 is 0 Å². The minimum atomic E-state index is -0.380. The van der Waals surface area contributed by atoms with Gasteiger partial charge in [0.15, 0.2) is 0 Å². The number of carbonyl (C=O) groups excluding carboxylic acids is 3. The topological polar surface area (TPSA) is 69.7 Å². The number of rotatable bonds is 4. The number of amides is 4. The molecule has 2 heterocycles. The Balaban J connectivity index is 1.52. The lowest BCUT2D eigenvalue weighted by Gasteiger charge is -2.21. The molecule has 1 N–H and O–H groups in total. The fraction of sp³-hybridized carbons (Fsp3) is 0.400. The van der Waals surface area contributed by atoms with E-state index in [1.807, 2.05) is 0 Å². The van der Waals surface area contributed by atoms with E-state index in [0.717, 1.165) is 4.90 Å². The highest BCUT2D eigenvalue weighted by Gasteiger charge is 2.39. The zero-order chi connectivity index (χ0) is 16.4. The molecule has 0 spiro atoms. The Labute approximate surface area is 137 Å². The van der Waals surface area contributed by atoms with Crippen LogP contribution in [0.4, 0.5) is 9.18 Å². The molecule has 6 nitrogen and oxygen atoms in total. The summed E-state index contributed by atoms with van der Waals surface area (Å²) in [6.45, 7) is 0.941. The van der Waals surface area contributed by atoms with Crippen molar-refractivity contribution < 1.29 is 18.8 Å². The summed E-state index contributed by atoms with van der Waals surface area (Å²) in [6.07, 6.45) is 0.603. The van der Waals surface area contributed by atoms with E-state index in [1.165, 1.54) is 28.8 Å². The summed E-state index contributed by atoms with van der Waals surface area (Å²) in [5.41, 5.74) is 0. The Morgan fingerprint density at radius 1 is 1.30 bits per heavy atom. The first-order valence-electron chi connectivity index (χ1n) is 7.30. The largest absolute Gasteiger partial charge is 0.340 e. The van der Waals surface area contributed by atoms with Gasteiger partial charge in [-0.15, -0.1) is 11.8 Å². The number of likely N-dealkylation sites (tertiary alicyclic amines) is 1. The van der Waals surface area contributed by atoms with Gasteiger partial charge in [0.1, 0.15) is 5.82 Å². The molecule has 0 aromatic heterocycles. The Bertz CT molecular complexity index is 621. The molecule has 8 heteroatoms. The third-order valence-corrected chi connectivity index (χ3v) is 4.93. The van der Waals surface area contributed by atoms with E-state index >= 15 is 0 Å². The van der Waals surface area contributed by atoms with Gasteiger partial charge in [0.25, 0.3) is 0 Å². The van der Waals surface area contributed by atoms with Gasteiger partial charge in [-0.05, 0) is 30.7 Å². The quantitative estimate of drug-likeness (QED) is 0.659. The van der Waals surface area contributed by atoms with Gasteiger partial charge >= 0.3 is 6.03 Å². The third-order valence-electron chi connectivity index (χ3n) is 3.94. The molecule has 0 saturated carbocycles. The van der Waals surface area contributed by atoms with Crippen LogP contribution in [0.3, 0.4) is 0 Å². The zero-order valence-corrected chi connectivity index (χ0v) is 13.1. The van der Waals surface area contributed by atoms with E-state index in [-0.39, 0.29) is 42.0 Å². The lowest BCUT2D eigenvalue weighted by atomic mass is 10.2. The van der Waals surface area contributed by atoms with Crippen LogP contribution in [0, 0.1) is 5.82 Å². The molecule has 1 atom stereocenters. The first-order chi connectivity index (χ1) is 11.0. The lowest BCUT2D eigenvalue weighted by molar-refractivity contribution is -0.129. The molecule has 3 rings (SSSR count). The first-order valence-corrected chi connectivity index (χ1v) is 8.29. The fourth-order valence-electron chi connectivity index (χ4n) is 2.75. The molecule has 2 aliphatic rings. The highest BCUT2D eigenvalue weighted by molar-refractivity contribution is 8.00. The summed E-state index contributed by atoms with van der Waals surface area (Å²) in [4.78, 5) is 39.3. The molecule has 2 saturated heterocycles. The molecular formula is C15H16FN3O3S. The normalized spacial score (nSPS) is 21.0. The van der Waals surface area contributed by atoms with Crippen molar-refractivity contribution in [1.82, 2.24) is 15.1 Å². The average Bonchev–Trinajstić information content (AvgIpc) is 3.13. The van der Waals surface area contributed by atoms with Gasteiger partial charge in [0.2, 0.25) is 11.8 Å². The second-order valence-electron chi connectivity index (χ2n) is 5.45. The molecule has 1 unspecified atom stereocenters. The first kappa shape index (κ1) is 15.8. The zero-order valence-electron chi connectivity index (χ0n) is 12.3. The highest BCUT2D eigenvalue weighted by atomic mass is 32.2. The van der Waals surface area contributed by atoms with Crippen molar-refractivity contribution in [3.8, 4) is 0 Å². The van der Waals surface area contributed by atoms with E-state index in [0.29, 0.717) is 19.5 Å². The molecule has 0 bridgehead atoms. The van der Waals surface area contributed by atoms with Crippen molar-refractivity contribution in [1.29, 1.82) is 0 Å². The second-order valence-corrected chi connectivity index (χ2v) is 6.50. The Kier molecular flexibility index (Phi) is 4.51. The van der Waals surface area contributed by atoms with Crippen LogP contribution < -0.4 is 5.32 Å². The van der Waals surface area contributed by atoms with Crippen LogP contribution in [0.5, 0.6) is 0 Å². The van der Waals surface area contributed by atoms with Crippen molar-refractivity contribution in [2.45, 2.75) is 17.4 Å². The van der Waals surface area contributed by atoms with Gasteiger partial charge < -0.3 is 10.2 Å². The van der Waals surface area contributed by atoms with E-state index in [4.69, 9.17) is 0 Å². The van der Waals surface area contributed by atoms with Crippen LogP contribution in [-0.2, 0) is 9.59 Å². The van der Waals surface area contributed by atoms with Crippen LogP contribution in [0.15, 0.2) is 29.2 Å². The van der Waals surface area contributed by atoms with Crippen LogP contribution in [0.2, 0.25) is 0 Å². The number of halogens is 1. The van der Waals surface area contributed by atoms with E-state index in [2.05, 4.69) is 5.32 Å². The van der Waals surface area contributed by atoms with Crippen LogP contribution in [0.25, 0.3) is 0 Å². The second kappa shape index (κ2) is 6.57. The summed E-state index contributed by atoms with van der Waals surface area (Å²) < 4.78 is 12.8. The smallest absolute Gasteiger partial charge is 0.324 e. The van der Waals surface area contributed by atoms with Crippen molar-refractivity contribution in [3.63, 3.8) is 0 Å². The minimum Gasteiger partial charge on any atom is -0.340 e. The molecule has 1 aromatic carbocycles. The summed E-state index contributed by atoms with van der Waals surface area (Å²) in [7, 11) is 0. The van der Waals surface area contributed by atoms with Crippen LogP contribution >= 0.6 is 11.8 Å². The lowest BCUT2D eigenvalue weighted by Crippen LogP contribution is -2.43. The van der Waals surface area contributed by atoms with Gasteiger partial charge in [-0.3, -0.25) is 14.5 Å². The minimum absolute atomic E-state index is 0.0314. The summed E-state index contributed by atoms with van der Waals surface area (Å²) in [6, 6.07) is 5.35.